The van der Waals surface area contributed by atoms with Crippen LogP contribution in [-0.4, -0.2) is 15.0 Å². The third-order valence-electron chi connectivity index (χ3n) is 2.09. The van der Waals surface area contributed by atoms with Crippen molar-refractivity contribution in [2.24, 2.45) is 0 Å². The van der Waals surface area contributed by atoms with E-state index in [4.69, 9.17) is 0 Å². The number of rotatable bonds is 1. The summed E-state index contributed by atoms with van der Waals surface area (Å²) in [5.74, 6) is 0. The molecular weight excluding hydrogens is 182 g/mol. The van der Waals surface area contributed by atoms with E-state index in [1.54, 1.807) is 6.20 Å². The number of nitrogens with zero attached hydrogens (tertiary/aromatic N) is 1. The summed E-state index contributed by atoms with van der Waals surface area (Å²) in [6.45, 7) is 1.97. The molecule has 14 heavy (non-hydrogen) atoms. The van der Waals surface area contributed by atoms with Crippen LogP contribution in [0.1, 0.15) is 12.5 Å². The van der Waals surface area contributed by atoms with E-state index >= 15 is 0 Å². The molecule has 2 aromatic heterocycles. The van der Waals surface area contributed by atoms with Gasteiger partial charge in [-0.3, -0.25) is 9.59 Å². The lowest BCUT2D eigenvalue weighted by Crippen LogP contribution is -2.29. The number of H-pyrrole nitrogens is 2. The van der Waals surface area contributed by atoms with Gasteiger partial charge in [0.05, 0.1) is 5.52 Å². The Morgan fingerprint density at radius 3 is 2.71 bits per heavy atom. The van der Waals surface area contributed by atoms with Crippen molar-refractivity contribution in [1.82, 2.24) is 15.0 Å². The Bertz CT molecular complexity index is 582. The molecule has 0 aliphatic rings. The van der Waals surface area contributed by atoms with Crippen LogP contribution in [0.25, 0.3) is 11.2 Å². The molecule has 0 radical (unpaired) electrons. The Balaban J connectivity index is 2.95. The van der Waals surface area contributed by atoms with Crippen molar-refractivity contribution < 1.29 is 0 Å². The van der Waals surface area contributed by atoms with E-state index in [9.17, 15) is 9.59 Å². The van der Waals surface area contributed by atoms with E-state index in [-0.39, 0.29) is 0 Å². The highest BCUT2D eigenvalue weighted by molar-refractivity contribution is 5.72. The highest BCUT2D eigenvalue weighted by Crippen LogP contribution is 2.09. The predicted octanol–water partition coefficient (Wildman–Crippen LogP) is 0.174. The summed E-state index contributed by atoms with van der Waals surface area (Å²) in [4.78, 5) is 31.0. The van der Waals surface area contributed by atoms with Gasteiger partial charge >= 0.3 is 11.1 Å². The molecule has 0 fully saturated rings. The van der Waals surface area contributed by atoms with Gasteiger partial charge < -0.3 is 9.97 Å². The number of hydrogen-bond acceptors (Lipinski definition) is 3. The highest BCUT2D eigenvalue weighted by atomic mass is 16.2. The molecule has 2 N–H and O–H groups in total. The Morgan fingerprint density at radius 1 is 1.29 bits per heavy atom. The zero-order chi connectivity index (χ0) is 10.1. The molecule has 0 saturated carbocycles. The van der Waals surface area contributed by atoms with Crippen molar-refractivity contribution in [3.63, 3.8) is 0 Å². The molecule has 0 amide bonds. The molecule has 2 aromatic rings. The summed E-state index contributed by atoms with van der Waals surface area (Å²) in [5, 5.41) is 0. The first kappa shape index (κ1) is 8.68. The first-order chi connectivity index (χ1) is 6.72. The fraction of sp³-hybridized carbons (Fsp3) is 0.222. The van der Waals surface area contributed by atoms with Gasteiger partial charge in [-0.1, -0.05) is 6.92 Å². The molecule has 5 nitrogen and oxygen atoms in total. The molecule has 0 bridgehead atoms. The number of fused-ring (bicyclic) bond motifs is 1. The molecule has 0 aliphatic carbocycles. The van der Waals surface area contributed by atoms with E-state index in [0.717, 1.165) is 12.0 Å². The van der Waals surface area contributed by atoms with Crippen molar-refractivity contribution in [1.29, 1.82) is 0 Å². The van der Waals surface area contributed by atoms with Crippen LogP contribution in [0.15, 0.2) is 21.9 Å². The van der Waals surface area contributed by atoms with E-state index in [1.165, 1.54) is 0 Å². The van der Waals surface area contributed by atoms with Crippen molar-refractivity contribution in [3.05, 3.63) is 38.5 Å². The van der Waals surface area contributed by atoms with Gasteiger partial charge in [0.25, 0.3) is 0 Å². The molecule has 0 aromatic carbocycles. The topological polar surface area (TPSA) is 78.6 Å². The van der Waals surface area contributed by atoms with Gasteiger partial charge in [-0.2, -0.15) is 0 Å². The number of aromatic nitrogens is 3. The number of aromatic amines is 2. The van der Waals surface area contributed by atoms with Crippen LogP contribution in [0, 0.1) is 0 Å². The lowest BCUT2D eigenvalue weighted by Gasteiger charge is -2.00. The molecule has 0 unspecified atom stereocenters. The molecule has 0 aliphatic heterocycles. The van der Waals surface area contributed by atoms with E-state index in [1.807, 2.05) is 13.0 Å². The van der Waals surface area contributed by atoms with Gasteiger partial charge in [0.15, 0.2) is 5.65 Å². The van der Waals surface area contributed by atoms with E-state index < -0.39 is 11.1 Å². The molecule has 0 spiro atoms. The lowest BCUT2D eigenvalue weighted by atomic mass is 10.2. The smallest absolute Gasteiger partial charge is 0.314 e. The molecule has 2 rings (SSSR count). The Kier molecular flexibility index (Phi) is 1.92. The number of nitrogens with one attached hydrogen (secondary N) is 2. The zero-order valence-electron chi connectivity index (χ0n) is 7.63. The molecule has 0 saturated heterocycles. The highest BCUT2D eigenvalue weighted by Gasteiger charge is 2.03. The van der Waals surface area contributed by atoms with Gasteiger partial charge in [0.1, 0.15) is 0 Å². The van der Waals surface area contributed by atoms with Crippen LogP contribution in [-0.2, 0) is 6.42 Å². The average molecular weight is 191 g/mol. The fourth-order valence-electron chi connectivity index (χ4n) is 1.37. The maximum Gasteiger partial charge on any atom is 0.315 e. The molecule has 5 heteroatoms. The summed E-state index contributed by atoms with van der Waals surface area (Å²) >= 11 is 0. The normalized spacial score (nSPS) is 10.6. The lowest BCUT2D eigenvalue weighted by molar-refractivity contribution is 1.07. The molecular formula is C9H9N3O2. The minimum atomic E-state index is -0.668. The summed E-state index contributed by atoms with van der Waals surface area (Å²) in [6, 6.07) is 1.82. The van der Waals surface area contributed by atoms with Crippen molar-refractivity contribution in [3.8, 4) is 0 Å². The number of pyridine rings is 1. The minimum absolute atomic E-state index is 0.425. The van der Waals surface area contributed by atoms with E-state index in [0.29, 0.717) is 11.2 Å². The van der Waals surface area contributed by atoms with Crippen LogP contribution < -0.4 is 11.1 Å². The van der Waals surface area contributed by atoms with Crippen LogP contribution in [0.4, 0.5) is 0 Å². The standard InChI is InChI=1S/C9H9N3O2/c1-2-5-3-4-10-7-6(5)11-8(13)9(14)12-7/h3-4H,2H2,1H3,(H,11,13)(H,10,12,14). The maximum atomic E-state index is 11.1. The third-order valence-corrected chi connectivity index (χ3v) is 2.09. The third kappa shape index (κ3) is 1.22. The SMILES string of the molecule is CCc1ccnc2[nH]c(=O)c(=O)[nH]c12. The predicted molar refractivity (Wildman–Crippen MR) is 52.4 cm³/mol. The second-order valence-electron chi connectivity index (χ2n) is 2.96. The van der Waals surface area contributed by atoms with Gasteiger partial charge in [-0.15, -0.1) is 0 Å². The second-order valence-corrected chi connectivity index (χ2v) is 2.96. The fourth-order valence-corrected chi connectivity index (χ4v) is 1.37. The summed E-state index contributed by atoms with van der Waals surface area (Å²) in [7, 11) is 0. The monoisotopic (exact) mass is 191 g/mol. The van der Waals surface area contributed by atoms with Crippen molar-refractivity contribution in [2.45, 2.75) is 13.3 Å². The Morgan fingerprint density at radius 2 is 2.00 bits per heavy atom. The molecule has 0 atom stereocenters. The number of hydrogen-bond donors (Lipinski definition) is 2. The van der Waals surface area contributed by atoms with Crippen molar-refractivity contribution in [2.75, 3.05) is 0 Å². The Labute approximate surface area is 78.8 Å². The average Bonchev–Trinajstić information content (AvgIpc) is 2.19. The molecule has 72 valence electrons. The maximum absolute atomic E-state index is 11.1. The quantitative estimate of drug-likeness (QED) is 0.631. The summed E-state index contributed by atoms with van der Waals surface area (Å²) < 4.78 is 0. The summed E-state index contributed by atoms with van der Waals surface area (Å²) in [6.07, 6.45) is 2.39. The first-order valence-corrected chi connectivity index (χ1v) is 4.32. The van der Waals surface area contributed by atoms with Crippen LogP contribution in [0.2, 0.25) is 0 Å². The second kappa shape index (κ2) is 3.10. The van der Waals surface area contributed by atoms with Crippen LogP contribution in [0.5, 0.6) is 0 Å². The Hall–Kier alpha value is -1.91. The van der Waals surface area contributed by atoms with Gasteiger partial charge in [-0.05, 0) is 18.1 Å². The van der Waals surface area contributed by atoms with Crippen LogP contribution in [0.3, 0.4) is 0 Å². The van der Waals surface area contributed by atoms with E-state index in [2.05, 4.69) is 15.0 Å². The van der Waals surface area contributed by atoms with Crippen LogP contribution >= 0.6 is 0 Å². The number of aryl methyl sites for hydroxylation is 1. The summed E-state index contributed by atoms with van der Waals surface area (Å²) in [5.41, 5.74) is 0.690. The van der Waals surface area contributed by atoms with Gasteiger partial charge in [-0.25, -0.2) is 4.98 Å². The first-order valence-electron chi connectivity index (χ1n) is 4.32. The largest absolute Gasteiger partial charge is 0.315 e. The zero-order valence-corrected chi connectivity index (χ0v) is 7.63. The van der Waals surface area contributed by atoms with Gasteiger partial charge in [0, 0.05) is 6.20 Å². The minimum Gasteiger partial charge on any atom is -0.314 e. The van der Waals surface area contributed by atoms with Crippen molar-refractivity contribution >= 4 is 11.2 Å². The van der Waals surface area contributed by atoms with Gasteiger partial charge in [0.2, 0.25) is 0 Å². The molecule has 2 heterocycles.